The zero-order valence-electron chi connectivity index (χ0n) is 21.5. The Morgan fingerprint density at radius 1 is 1.00 bits per heavy atom. The normalized spacial score (nSPS) is 12.6. The molecule has 2 atom stereocenters. The Morgan fingerprint density at radius 2 is 1.70 bits per heavy atom. The highest BCUT2D eigenvalue weighted by molar-refractivity contribution is 7.99. The largest absolute Gasteiger partial charge is 0.352 e. The molecule has 196 valence electrons. The topological polar surface area (TPSA) is 49.4 Å². The first-order valence-corrected chi connectivity index (χ1v) is 14.0. The van der Waals surface area contributed by atoms with Gasteiger partial charge < -0.3 is 10.2 Å². The average molecular weight is 541 g/mol. The number of nitrogens with one attached hydrogen (secondary N) is 1. The van der Waals surface area contributed by atoms with E-state index in [-0.39, 0.29) is 35.2 Å². The van der Waals surface area contributed by atoms with E-state index in [1.807, 2.05) is 75.4 Å². The second-order valence-electron chi connectivity index (χ2n) is 9.22. The van der Waals surface area contributed by atoms with E-state index in [0.29, 0.717) is 23.6 Å². The summed E-state index contributed by atoms with van der Waals surface area (Å²) in [5.41, 5.74) is 3.41. The summed E-state index contributed by atoms with van der Waals surface area (Å²) in [7, 11) is 0. The smallest absolute Gasteiger partial charge is 0.243 e. The maximum absolute atomic E-state index is 14.2. The minimum atomic E-state index is -0.692. The molecule has 1 N–H and O–H groups in total. The van der Waals surface area contributed by atoms with Crippen molar-refractivity contribution in [1.82, 2.24) is 10.2 Å². The molecular formula is C30H34ClFN2O2S. The number of thioether (sulfide) groups is 1. The second-order valence-corrected chi connectivity index (χ2v) is 10.6. The van der Waals surface area contributed by atoms with Crippen molar-refractivity contribution in [2.45, 2.75) is 58.0 Å². The molecule has 0 saturated heterocycles. The lowest BCUT2D eigenvalue weighted by atomic mass is 10.0. The van der Waals surface area contributed by atoms with Gasteiger partial charge in [0.1, 0.15) is 11.9 Å². The van der Waals surface area contributed by atoms with Gasteiger partial charge in [-0.15, -0.1) is 11.8 Å². The van der Waals surface area contributed by atoms with Crippen molar-refractivity contribution >= 4 is 35.2 Å². The zero-order chi connectivity index (χ0) is 26.8. The van der Waals surface area contributed by atoms with Crippen molar-refractivity contribution in [3.8, 4) is 0 Å². The van der Waals surface area contributed by atoms with Gasteiger partial charge in [-0.3, -0.25) is 9.59 Å². The maximum Gasteiger partial charge on any atom is 0.243 e. The Morgan fingerprint density at radius 3 is 2.35 bits per heavy atom. The highest BCUT2D eigenvalue weighted by Gasteiger charge is 2.31. The van der Waals surface area contributed by atoms with E-state index in [0.717, 1.165) is 23.1 Å². The quantitative estimate of drug-likeness (QED) is 0.282. The molecule has 0 unspecified atom stereocenters. The predicted molar refractivity (Wildman–Crippen MR) is 151 cm³/mol. The summed E-state index contributed by atoms with van der Waals surface area (Å²) in [6.45, 7) is 6.27. The fourth-order valence-corrected chi connectivity index (χ4v) is 5.13. The van der Waals surface area contributed by atoms with Gasteiger partial charge in [-0.05, 0) is 43.5 Å². The van der Waals surface area contributed by atoms with Crippen LogP contribution in [-0.2, 0) is 28.3 Å². The minimum absolute atomic E-state index is 0.0142. The summed E-state index contributed by atoms with van der Waals surface area (Å²) in [6, 6.07) is 21.5. The number of carbonyl (C=O) groups is 2. The summed E-state index contributed by atoms with van der Waals surface area (Å²) in [6.07, 6.45) is 1.18. The summed E-state index contributed by atoms with van der Waals surface area (Å²) >= 11 is 7.46. The van der Waals surface area contributed by atoms with Crippen molar-refractivity contribution in [3.63, 3.8) is 0 Å². The van der Waals surface area contributed by atoms with Crippen LogP contribution in [0.25, 0.3) is 0 Å². The third-order valence-electron chi connectivity index (χ3n) is 6.28. The van der Waals surface area contributed by atoms with Crippen LogP contribution in [0.1, 0.15) is 42.5 Å². The number of rotatable bonds is 12. The van der Waals surface area contributed by atoms with Crippen molar-refractivity contribution in [2.24, 2.45) is 0 Å². The molecule has 3 aromatic carbocycles. The molecule has 0 aromatic heterocycles. The van der Waals surface area contributed by atoms with E-state index < -0.39 is 6.04 Å². The Labute approximate surface area is 228 Å². The van der Waals surface area contributed by atoms with Crippen molar-refractivity contribution in [3.05, 3.63) is 106 Å². The molecule has 3 rings (SSSR count). The van der Waals surface area contributed by atoms with E-state index in [1.165, 1.54) is 17.8 Å². The van der Waals surface area contributed by atoms with E-state index in [9.17, 15) is 14.0 Å². The van der Waals surface area contributed by atoms with Gasteiger partial charge in [-0.25, -0.2) is 4.39 Å². The van der Waals surface area contributed by atoms with Crippen LogP contribution < -0.4 is 5.32 Å². The van der Waals surface area contributed by atoms with E-state index in [2.05, 4.69) is 5.32 Å². The minimum Gasteiger partial charge on any atom is -0.352 e. The van der Waals surface area contributed by atoms with Gasteiger partial charge >= 0.3 is 0 Å². The van der Waals surface area contributed by atoms with Crippen LogP contribution in [0.3, 0.4) is 0 Å². The second kappa shape index (κ2) is 14.2. The van der Waals surface area contributed by atoms with Gasteiger partial charge in [0.05, 0.1) is 5.75 Å². The number of nitrogens with zero attached hydrogens (tertiary/aromatic N) is 1. The lowest BCUT2D eigenvalue weighted by molar-refractivity contribution is -0.139. The third kappa shape index (κ3) is 8.61. The molecule has 7 heteroatoms. The zero-order valence-corrected chi connectivity index (χ0v) is 23.1. The molecule has 0 spiro atoms. The Hall–Kier alpha value is -2.83. The molecule has 0 aliphatic rings. The highest BCUT2D eigenvalue weighted by Crippen LogP contribution is 2.25. The molecule has 0 fully saturated rings. The molecule has 0 aliphatic heterocycles. The number of halogens is 2. The molecule has 4 nitrogen and oxygen atoms in total. The number of aryl methyl sites for hydroxylation is 1. The number of carbonyl (C=O) groups excluding carboxylic acids is 2. The highest BCUT2D eigenvalue weighted by atomic mass is 35.5. The van der Waals surface area contributed by atoms with Gasteiger partial charge in [0.2, 0.25) is 11.8 Å². The van der Waals surface area contributed by atoms with Crippen LogP contribution in [0.5, 0.6) is 0 Å². The molecule has 0 heterocycles. The first-order valence-electron chi connectivity index (χ1n) is 12.5. The Kier molecular flexibility index (Phi) is 11.0. The molecule has 3 aromatic rings. The van der Waals surface area contributed by atoms with E-state index in [1.54, 1.807) is 17.0 Å². The Balaban J connectivity index is 1.87. The van der Waals surface area contributed by atoms with Crippen LogP contribution in [0.15, 0.2) is 72.8 Å². The maximum atomic E-state index is 14.2. The van der Waals surface area contributed by atoms with Gasteiger partial charge in [0.25, 0.3) is 0 Å². The molecule has 0 bridgehead atoms. The fourth-order valence-electron chi connectivity index (χ4n) is 3.88. The summed E-state index contributed by atoms with van der Waals surface area (Å²) in [5, 5.41) is 3.41. The molecule has 2 amide bonds. The van der Waals surface area contributed by atoms with E-state index >= 15 is 0 Å². The molecule has 0 saturated carbocycles. The van der Waals surface area contributed by atoms with Crippen LogP contribution in [0.2, 0.25) is 5.02 Å². The van der Waals surface area contributed by atoms with Crippen LogP contribution in [-0.4, -0.2) is 34.6 Å². The van der Waals surface area contributed by atoms with E-state index in [4.69, 9.17) is 11.6 Å². The van der Waals surface area contributed by atoms with Crippen molar-refractivity contribution < 1.29 is 14.0 Å². The first-order chi connectivity index (χ1) is 17.8. The van der Waals surface area contributed by atoms with Crippen molar-refractivity contribution in [1.29, 1.82) is 0 Å². The molecule has 37 heavy (non-hydrogen) atoms. The lowest BCUT2D eigenvalue weighted by Crippen LogP contribution is -2.52. The standard InChI is InChI=1S/C30H34ClFN2O2S/c1-4-22(3)33-30(36)28(17-23-9-6-5-7-10-23)34(18-24-15-13-21(2)14-16-24)29(35)20-37-19-25-26(31)11-8-12-27(25)32/h5-16,22,28H,4,17-20H2,1-3H3,(H,33,36)/t22-,28-/m1/s1. The Bertz CT molecular complexity index is 1150. The number of hydrogen-bond donors (Lipinski definition) is 1. The third-order valence-corrected chi connectivity index (χ3v) is 7.58. The monoisotopic (exact) mass is 540 g/mol. The first kappa shape index (κ1) is 28.7. The predicted octanol–water partition coefficient (Wildman–Crippen LogP) is 6.58. The van der Waals surface area contributed by atoms with Gasteiger partial charge in [0.15, 0.2) is 0 Å². The SMILES string of the molecule is CC[C@@H](C)NC(=O)[C@@H](Cc1ccccc1)N(Cc1ccc(C)cc1)C(=O)CSCc1c(F)cccc1Cl. The van der Waals surface area contributed by atoms with Crippen LogP contribution in [0, 0.1) is 12.7 Å². The van der Waals surface area contributed by atoms with Crippen LogP contribution >= 0.6 is 23.4 Å². The number of amides is 2. The molecular weight excluding hydrogens is 507 g/mol. The van der Waals surface area contributed by atoms with Crippen LogP contribution in [0.4, 0.5) is 4.39 Å². The molecule has 0 radical (unpaired) electrons. The van der Waals surface area contributed by atoms with Crippen molar-refractivity contribution in [2.75, 3.05) is 5.75 Å². The van der Waals surface area contributed by atoms with Gasteiger partial charge in [-0.2, -0.15) is 0 Å². The van der Waals surface area contributed by atoms with Gasteiger partial charge in [0, 0.05) is 35.3 Å². The number of benzene rings is 3. The average Bonchev–Trinajstić information content (AvgIpc) is 2.89. The fraction of sp³-hybridized carbons (Fsp3) is 0.333. The lowest BCUT2D eigenvalue weighted by Gasteiger charge is -2.32. The summed E-state index contributed by atoms with van der Waals surface area (Å²) in [4.78, 5) is 28.8. The van der Waals surface area contributed by atoms with Gasteiger partial charge in [-0.1, -0.05) is 84.8 Å². The molecule has 0 aliphatic carbocycles. The summed E-state index contributed by atoms with van der Waals surface area (Å²) < 4.78 is 14.2. The summed E-state index contributed by atoms with van der Waals surface area (Å²) in [5.74, 6) is -0.394. The number of hydrogen-bond acceptors (Lipinski definition) is 3.